The number of nitrogens with one attached hydrogen (secondary N) is 2. The highest BCUT2D eigenvalue weighted by atomic mass is 35.5. The van der Waals surface area contributed by atoms with Gasteiger partial charge in [0.25, 0.3) is 0 Å². The van der Waals surface area contributed by atoms with Crippen molar-refractivity contribution < 1.29 is 14.3 Å². The van der Waals surface area contributed by atoms with Crippen molar-refractivity contribution in [2.24, 2.45) is 0 Å². The van der Waals surface area contributed by atoms with Crippen LogP contribution in [-0.4, -0.2) is 24.2 Å². The fourth-order valence-electron chi connectivity index (χ4n) is 2.13. The Hall–Kier alpha value is -1.89. The molecule has 2 aromatic rings. The molecule has 0 fully saturated rings. The van der Waals surface area contributed by atoms with Crippen LogP contribution in [0.2, 0.25) is 10.0 Å². The number of hydrogen-bond donors (Lipinski definition) is 2. The minimum Gasteiger partial charge on any atom is -0.495 e. The summed E-state index contributed by atoms with van der Waals surface area (Å²) >= 11 is 13.4. The average Bonchev–Trinajstić information content (AvgIpc) is 2.57. The second-order valence-electron chi connectivity index (χ2n) is 5.42. The second-order valence-corrected chi connectivity index (χ2v) is 7.65. The maximum Gasteiger partial charge on any atom is 0.237 e. The molecular weight excluding hydrogens is 395 g/mol. The van der Waals surface area contributed by atoms with Gasteiger partial charge >= 0.3 is 0 Å². The van der Waals surface area contributed by atoms with Gasteiger partial charge in [0.15, 0.2) is 0 Å². The number of thioether (sulfide) groups is 1. The Morgan fingerprint density at radius 2 is 1.85 bits per heavy atom. The predicted octanol–water partition coefficient (Wildman–Crippen LogP) is 5.08. The Morgan fingerprint density at radius 1 is 1.12 bits per heavy atom. The number of benzene rings is 2. The molecule has 0 spiro atoms. The number of rotatable bonds is 6. The van der Waals surface area contributed by atoms with Crippen molar-refractivity contribution >= 4 is 58.2 Å². The van der Waals surface area contributed by atoms with Gasteiger partial charge in [0.05, 0.1) is 23.1 Å². The molecule has 26 heavy (non-hydrogen) atoms. The summed E-state index contributed by atoms with van der Waals surface area (Å²) in [6.45, 7) is 3.18. The zero-order valence-corrected chi connectivity index (χ0v) is 16.8. The van der Waals surface area contributed by atoms with E-state index in [-0.39, 0.29) is 11.8 Å². The second kappa shape index (κ2) is 9.16. The monoisotopic (exact) mass is 412 g/mol. The summed E-state index contributed by atoms with van der Waals surface area (Å²) in [7, 11) is 1.51. The molecule has 1 unspecified atom stereocenters. The first-order valence-electron chi connectivity index (χ1n) is 7.68. The van der Waals surface area contributed by atoms with Gasteiger partial charge in [-0.05, 0) is 43.3 Å². The molecule has 0 aliphatic carbocycles. The first-order valence-corrected chi connectivity index (χ1v) is 9.32. The van der Waals surface area contributed by atoms with Crippen LogP contribution in [0.3, 0.4) is 0 Å². The Labute approximate surface area is 166 Å². The number of carbonyl (C=O) groups excluding carboxylic acids is 2. The standard InChI is InChI=1S/C18H18Cl2N2O3S/c1-10(26-17-8-12(19)4-6-14(17)20)18(24)22-15-9-13(21-11(2)23)5-7-16(15)25-3/h4-10H,1-3H3,(H,21,23)(H,22,24). The summed E-state index contributed by atoms with van der Waals surface area (Å²) in [4.78, 5) is 24.5. The molecule has 1 atom stereocenters. The van der Waals surface area contributed by atoms with Gasteiger partial charge in [0.1, 0.15) is 5.75 Å². The summed E-state index contributed by atoms with van der Waals surface area (Å²) < 4.78 is 5.27. The maximum absolute atomic E-state index is 12.6. The summed E-state index contributed by atoms with van der Waals surface area (Å²) in [6.07, 6.45) is 0. The minimum atomic E-state index is -0.430. The molecule has 138 valence electrons. The summed E-state index contributed by atoms with van der Waals surface area (Å²) in [5.41, 5.74) is 1.03. The number of halogens is 2. The van der Waals surface area contributed by atoms with Crippen molar-refractivity contribution in [3.63, 3.8) is 0 Å². The van der Waals surface area contributed by atoms with Crippen LogP contribution in [0.1, 0.15) is 13.8 Å². The zero-order chi connectivity index (χ0) is 19.3. The van der Waals surface area contributed by atoms with Gasteiger partial charge < -0.3 is 15.4 Å². The molecule has 8 heteroatoms. The van der Waals surface area contributed by atoms with E-state index in [2.05, 4.69) is 10.6 Å². The molecule has 0 aliphatic rings. The first kappa shape index (κ1) is 20.4. The van der Waals surface area contributed by atoms with Crippen molar-refractivity contribution in [2.45, 2.75) is 24.0 Å². The molecule has 2 N–H and O–H groups in total. The van der Waals surface area contributed by atoms with E-state index in [4.69, 9.17) is 27.9 Å². The van der Waals surface area contributed by atoms with Crippen LogP contribution in [-0.2, 0) is 9.59 Å². The molecule has 0 bridgehead atoms. The number of ether oxygens (including phenoxy) is 1. The number of anilines is 2. The van der Waals surface area contributed by atoms with Gasteiger partial charge in [-0.3, -0.25) is 9.59 Å². The van der Waals surface area contributed by atoms with Gasteiger partial charge in [0, 0.05) is 22.5 Å². The molecule has 0 saturated carbocycles. The average molecular weight is 413 g/mol. The molecule has 0 heterocycles. The zero-order valence-electron chi connectivity index (χ0n) is 14.4. The van der Waals surface area contributed by atoms with E-state index in [1.54, 1.807) is 43.3 Å². The lowest BCUT2D eigenvalue weighted by molar-refractivity contribution is -0.115. The van der Waals surface area contributed by atoms with Gasteiger partial charge in [-0.2, -0.15) is 0 Å². The summed E-state index contributed by atoms with van der Waals surface area (Å²) in [5, 5.41) is 6.14. The third kappa shape index (κ3) is 5.56. The van der Waals surface area contributed by atoms with Gasteiger partial charge in [-0.25, -0.2) is 0 Å². The summed E-state index contributed by atoms with van der Waals surface area (Å²) in [5.74, 6) is 0.0572. The Kier molecular flexibility index (Phi) is 7.20. The molecule has 2 rings (SSSR count). The molecule has 2 amide bonds. The lowest BCUT2D eigenvalue weighted by Gasteiger charge is -2.16. The molecule has 0 aliphatic heterocycles. The fourth-order valence-corrected chi connectivity index (χ4v) is 3.54. The van der Waals surface area contributed by atoms with E-state index < -0.39 is 5.25 Å². The minimum absolute atomic E-state index is 0.202. The van der Waals surface area contributed by atoms with Crippen LogP contribution >= 0.6 is 35.0 Å². The van der Waals surface area contributed by atoms with E-state index in [0.29, 0.717) is 27.2 Å². The molecule has 0 aromatic heterocycles. The van der Waals surface area contributed by atoms with E-state index in [9.17, 15) is 9.59 Å². The normalized spacial score (nSPS) is 11.6. The van der Waals surface area contributed by atoms with E-state index in [1.165, 1.54) is 25.8 Å². The first-order chi connectivity index (χ1) is 12.3. The third-order valence-electron chi connectivity index (χ3n) is 3.34. The largest absolute Gasteiger partial charge is 0.495 e. The Morgan fingerprint density at radius 3 is 2.50 bits per heavy atom. The number of amides is 2. The van der Waals surface area contributed by atoms with Crippen LogP contribution in [0.25, 0.3) is 0 Å². The SMILES string of the molecule is COc1ccc(NC(C)=O)cc1NC(=O)C(C)Sc1cc(Cl)ccc1Cl. The van der Waals surface area contributed by atoms with E-state index in [1.807, 2.05) is 0 Å². The Bertz CT molecular complexity index is 830. The number of methoxy groups -OCH3 is 1. The van der Waals surface area contributed by atoms with Crippen molar-refractivity contribution in [1.82, 2.24) is 0 Å². The van der Waals surface area contributed by atoms with Crippen LogP contribution < -0.4 is 15.4 Å². The highest BCUT2D eigenvalue weighted by molar-refractivity contribution is 8.00. The molecule has 5 nitrogen and oxygen atoms in total. The topological polar surface area (TPSA) is 67.4 Å². The maximum atomic E-state index is 12.6. The van der Waals surface area contributed by atoms with Crippen LogP contribution in [0.5, 0.6) is 5.75 Å². The third-order valence-corrected chi connectivity index (χ3v) is 5.18. The smallest absolute Gasteiger partial charge is 0.237 e. The molecule has 0 radical (unpaired) electrons. The highest BCUT2D eigenvalue weighted by Crippen LogP contribution is 2.34. The van der Waals surface area contributed by atoms with Crippen molar-refractivity contribution in [3.8, 4) is 5.75 Å². The van der Waals surface area contributed by atoms with Gasteiger partial charge in [0.2, 0.25) is 11.8 Å². The molecule has 0 saturated heterocycles. The van der Waals surface area contributed by atoms with E-state index >= 15 is 0 Å². The summed E-state index contributed by atoms with van der Waals surface area (Å²) in [6, 6.07) is 10.1. The Balaban J connectivity index is 2.14. The fraction of sp³-hybridized carbons (Fsp3) is 0.222. The van der Waals surface area contributed by atoms with E-state index in [0.717, 1.165) is 4.90 Å². The van der Waals surface area contributed by atoms with Gasteiger partial charge in [-0.1, -0.05) is 23.2 Å². The number of hydrogen-bond acceptors (Lipinski definition) is 4. The van der Waals surface area contributed by atoms with Crippen molar-refractivity contribution in [3.05, 3.63) is 46.4 Å². The van der Waals surface area contributed by atoms with Crippen molar-refractivity contribution in [2.75, 3.05) is 17.7 Å². The van der Waals surface area contributed by atoms with Crippen LogP contribution in [0, 0.1) is 0 Å². The molecular formula is C18H18Cl2N2O3S. The molecule has 2 aromatic carbocycles. The number of carbonyl (C=O) groups is 2. The van der Waals surface area contributed by atoms with Crippen LogP contribution in [0.4, 0.5) is 11.4 Å². The quantitative estimate of drug-likeness (QED) is 0.649. The lowest BCUT2D eigenvalue weighted by Crippen LogP contribution is -2.22. The predicted molar refractivity (Wildman–Crippen MR) is 108 cm³/mol. The highest BCUT2D eigenvalue weighted by Gasteiger charge is 2.18. The lowest BCUT2D eigenvalue weighted by atomic mass is 10.2. The van der Waals surface area contributed by atoms with Crippen molar-refractivity contribution in [1.29, 1.82) is 0 Å². The van der Waals surface area contributed by atoms with Gasteiger partial charge in [-0.15, -0.1) is 11.8 Å². The van der Waals surface area contributed by atoms with Crippen LogP contribution in [0.15, 0.2) is 41.3 Å².